The monoisotopic (exact) mass is 662 g/mol. The molecule has 1 fully saturated rings. The summed E-state index contributed by atoms with van der Waals surface area (Å²) in [6.07, 6.45) is 3.07. The molecule has 2 aliphatic rings. The number of hydrogen-bond donors (Lipinski definition) is 4. The number of amides is 3. The average molecular weight is 663 g/mol. The molecule has 4 aromatic rings. The first-order valence-electron chi connectivity index (χ1n) is 16.5. The van der Waals surface area contributed by atoms with Gasteiger partial charge in [0, 0.05) is 43.4 Å². The van der Waals surface area contributed by atoms with E-state index in [9.17, 15) is 24.0 Å². The molecule has 1 saturated heterocycles. The second-order valence-corrected chi connectivity index (χ2v) is 12.7. The van der Waals surface area contributed by atoms with Gasteiger partial charge in [0.2, 0.25) is 5.91 Å². The Morgan fingerprint density at radius 2 is 1.59 bits per heavy atom. The molecule has 0 unspecified atom stereocenters. The highest BCUT2D eigenvalue weighted by Gasteiger charge is 2.45. The molecule has 6 rings (SSSR count). The minimum Gasteiger partial charge on any atom is -0.355 e. The van der Waals surface area contributed by atoms with Crippen LogP contribution >= 0.6 is 0 Å². The van der Waals surface area contributed by atoms with Gasteiger partial charge >= 0.3 is 0 Å². The van der Waals surface area contributed by atoms with Crippen LogP contribution in [0.2, 0.25) is 0 Å². The first-order valence-corrected chi connectivity index (χ1v) is 16.5. The highest BCUT2D eigenvalue weighted by Crippen LogP contribution is 2.47. The molecule has 0 radical (unpaired) electrons. The van der Waals surface area contributed by atoms with Gasteiger partial charge in [-0.15, -0.1) is 10.2 Å². The summed E-state index contributed by atoms with van der Waals surface area (Å²) in [7, 11) is 3.19. The molecule has 1 aliphatic heterocycles. The molecule has 1 aliphatic carbocycles. The van der Waals surface area contributed by atoms with Crippen LogP contribution in [-0.2, 0) is 23.1 Å². The maximum absolute atomic E-state index is 13.8. The van der Waals surface area contributed by atoms with Crippen LogP contribution in [0.25, 0.3) is 11.4 Å². The lowest BCUT2D eigenvalue weighted by atomic mass is 9.67. The lowest BCUT2D eigenvalue weighted by Crippen LogP contribution is -2.45. The number of carbonyl (C=O) groups excluding carboxylic acids is 3. The van der Waals surface area contributed by atoms with Gasteiger partial charge in [0.1, 0.15) is 17.7 Å². The van der Waals surface area contributed by atoms with Crippen molar-refractivity contribution in [2.45, 2.75) is 56.5 Å². The van der Waals surface area contributed by atoms with Crippen LogP contribution in [0.5, 0.6) is 0 Å². The van der Waals surface area contributed by atoms with Crippen molar-refractivity contribution >= 4 is 17.7 Å². The maximum Gasteiger partial charge on any atom is 0.251 e. The number of benzene rings is 3. The fraction of sp³-hybridized carbons (Fsp3) is 0.351. The SMILES string of the molecule is CNC(=O)c1ccc2c(c1)CCc1cc(C(=O)NC)ccc1C2(C[C@@H](C)NCC(=O)N1CCC[C@H]1C#N)c1nnc(-c2ccc(F)cc2)[nH]1. The molecule has 0 spiro atoms. The fourth-order valence-electron chi connectivity index (χ4n) is 7.28. The summed E-state index contributed by atoms with van der Waals surface area (Å²) in [5.74, 6) is 0.0758. The van der Waals surface area contributed by atoms with Gasteiger partial charge in [-0.25, -0.2) is 4.39 Å². The quantitative estimate of drug-likeness (QED) is 0.213. The summed E-state index contributed by atoms with van der Waals surface area (Å²) in [6, 6.07) is 18.9. The first-order chi connectivity index (χ1) is 23.7. The smallest absolute Gasteiger partial charge is 0.251 e. The van der Waals surface area contributed by atoms with E-state index in [2.05, 4.69) is 32.1 Å². The molecule has 12 heteroatoms. The van der Waals surface area contributed by atoms with E-state index < -0.39 is 11.5 Å². The zero-order valence-electron chi connectivity index (χ0n) is 27.8. The van der Waals surface area contributed by atoms with Gasteiger partial charge in [-0.05, 0) is 110 Å². The minimum atomic E-state index is -0.979. The van der Waals surface area contributed by atoms with Crippen LogP contribution in [-0.4, -0.2) is 77.1 Å². The molecule has 2 heterocycles. The average Bonchev–Trinajstić information content (AvgIpc) is 3.80. The van der Waals surface area contributed by atoms with Gasteiger partial charge in [-0.2, -0.15) is 5.26 Å². The highest BCUT2D eigenvalue weighted by molar-refractivity contribution is 5.95. The third-order valence-corrected chi connectivity index (χ3v) is 9.72. The largest absolute Gasteiger partial charge is 0.355 e. The molecular weight excluding hydrogens is 623 g/mol. The van der Waals surface area contributed by atoms with E-state index in [-0.39, 0.29) is 36.1 Å². The van der Waals surface area contributed by atoms with Crippen molar-refractivity contribution in [3.8, 4) is 17.5 Å². The summed E-state index contributed by atoms with van der Waals surface area (Å²) in [5.41, 5.74) is 4.43. The number of hydrogen-bond acceptors (Lipinski definition) is 7. The number of nitrogens with one attached hydrogen (secondary N) is 4. The summed E-state index contributed by atoms with van der Waals surface area (Å²) in [6.45, 7) is 2.61. The summed E-state index contributed by atoms with van der Waals surface area (Å²) in [4.78, 5) is 43.9. The summed E-state index contributed by atoms with van der Waals surface area (Å²) in [5, 5.41) is 27.6. The van der Waals surface area contributed by atoms with E-state index in [4.69, 9.17) is 5.10 Å². The number of carbonyl (C=O) groups is 3. The highest BCUT2D eigenvalue weighted by atomic mass is 19.1. The van der Waals surface area contributed by atoms with Crippen molar-refractivity contribution in [3.63, 3.8) is 0 Å². The van der Waals surface area contributed by atoms with Gasteiger partial charge in [0.15, 0.2) is 5.82 Å². The predicted molar refractivity (Wildman–Crippen MR) is 181 cm³/mol. The number of likely N-dealkylation sites (tertiary alicyclic amines) is 1. The van der Waals surface area contributed by atoms with Crippen molar-refractivity contribution < 1.29 is 18.8 Å². The number of aromatic amines is 1. The molecule has 1 aromatic heterocycles. The van der Waals surface area contributed by atoms with Gasteiger partial charge in [0.25, 0.3) is 11.8 Å². The Kier molecular flexibility index (Phi) is 9.56. The Balaban J connectivity index is 1.50. The lowest BCUT2D eigenvalue weighted by molar-refractivity contribution is -0.130. The van der Waals surface area contributed by atoms with E-state index in [1.54, 1.807) is 43.3 Å². The third-order valence-electron chi connectivity index (χ3n) is 9.72. The fourth-order valence-corrected chi connectivity index (χ4v) is 7.28. The Labute approximate surface area is 284 Å². The molecule has 49 heavy (non-hydrogen) atoms. The number of aryl methyl sites for hydroxylation is 2. The first kappa shape index (κ1) is 33.5. The molecule has 252 valence electrons. The zero-order valence-corrected chi connectivity index (χ0v) is 27.8. The van der Waals surface area contributed by atoms with Crippen LogP contribution in [0, 0.1) is 17.1 Å². The maximum atomic E-state index is 13.8. The molecule has 4 N–H and O–H groups in total. The molecule has 0 bridgehead atoms. The van der Waals surface area contributed by atoms with Crippen LogP contribution in [0.4, 0.5) is 4.39 Å². The van der Waals surface area contributed by atoms with Gasteiger partial charge < -0.3 is 25.8 Å². The molecule has 11 nitrogen and oxygen atoms in total. The number of aromatic nitrogens is 3. The third kappa shape index (κ3) is 6.41. The van der Waals surface area contributed by atoms with Gasteiger partial charge in [0.05, 0.1) is 18.0 Å². The Morgan fingerprint density at radius 3 is 2.16 bits per heavy atom. The van der Waals surface area contributed by atoms with Gasteiger partial charge in [-0.3, -0.25) is 14.4 Å². The van der Waals surface area contributed by atoms with Crippen LogP contribution in [0.15, 0.2) is 60.7 Å². The molecule has 3 aromatic carbocycles. The standard InChI is InChI=1S/C37H39FN8O3/c1-22(42-21-32(47)46-16-4-5-29(46)20-39)19-37(36-43-33(44-45-36)23-8-12-28(38)13-9-23)30-14-10-26(34(48)40-2)17-24(30)6-7-25-18-27(35(49)41-3)11-15-31(25)37/h8-15,17-18,22,29,42H,4-7,16,19,21H2,1-3H3,(H,40,48)(H,41,49)(H,43,44,45)/t22-,29+/m1/s1. The van der Waals surface area contributed by atoms with E-state index >= 15 is 0 Å². The molecule has 2 atom stereocenters. The number of nitrogens with zero attached hydrogens (tertiary/aromatic N) is 4. The zero-order chi connectivity index (χ0) is 34.7. The minimum absolute atomic E-state index is 0.0532. The molecular formula is C37H39FN8O3. The van der Waals surface area contributed by atoms with Crippen molar-refractivity contribution in [3.05, 3.63) is 106 Å². The second-order valence-electron chi connectivity index (χ2n) is 12.7. The molecule has 3 amide bonds. The van der Waals surface area contributed by atoms with E-state index in [0.717, 1.165) is 28.7 Å². The number of H-pyrrole nitrogens is 1. The van der Waals surface area contributed by atoms with Crippen molar-refractivity contribution in [1.82, 2.24) is 36.0 Å². The second kappa shape index (κ2) is 14.0. The Bertz CT molecular complexity index is 1860. The molecule has 0 saturated carbocycles. The van der Waals surface area contributed by atoms with Crippen LogP contribution in [0.1, 0.15) is 75.0 Å². The lowest BCUT2D eigenvalue weighted by Gasteiger charge is -2.37. The van der Waals surface area contributed by atoms with Crippen LogP contribution in [0.3, 0.4) is 0 Å². The van der Waals surface area contributed by atoms with Crippen LogP contribution < -0.4 is 16.0 Å². The van der Waals surface area contributed by atoms with E-state index in [1.165, 1.54) is 12.1 Å². The van der Waals surface area contributed by atoms with E-state index in [0.29, 0.717) is 60.6 Å². The predicted octanol–water partition coefficient (Wildman–Crippen LogP) is 3.65. The summed E-state index contributed by atoms with van der Waals surface area (Å²) < 4.78 is 13.8. The summed E-state index contributed by atoms with van der Waals surface area (Å²) >= 11 is 0. The topological polar surface area (TPSA) is 156 Å². The van der Waals surface area contributed by atoms with Gasteiger partial charge in [-0.1, -0.05) is 12.1 Å². The Hall–Kier alpha value is -5.41. The number of fused-ring (bicyclic) bond motifs is 2. The number of halogens is 1. The van der Waals surface area contributed by atoms with Crippen molar-refractivity contribution in [2.24, 2.45) is 0 Å². The van der Waals surface area contributed by atoms with Crippen molar-refractivity contribution in [2.75, 3.05) is 27.2 Å². The van der Waals surface area contributed by atoms with Crippen molar-refractivity contribution in [1.29, 1.82) is 5.26 Å². The number of rotatable bonds is 9. The normalized spacial score (nSPS) is 16.9. The van der Waals surface area contributed by atoms with E-state index in [1.807, 2.05) is 31.2 Å². The Morgan fingerprint density at radius 1 is 0.980 bits per heavy atom. The number of nitriles is 1.